The Kier molecular flexibility index (Phi) is 3.70. The molecule has 1 heterocycles. The zero-order valence-electron chi connectivity index (χ0n) is 7.80. The summed E-state index contributed by atoms with van der Waals surface area (Å²) in [7, 11) is 1.48. The van der Waals surface area contributed by atoms with Gasteiger partial charge in [0.1, 0.15) is 0 Å². The molecule has 5 nitrogen and oxygen atoms in total. The molecule has 0 bridgehead atoms. The van der Waals surface area contributed by atoms with E-state index in [0.29, 0.717) is 6.54 Å². The number of hydrogen-bond donors (Lipinski definition) is 2. The monoisotopic (exact) mass is 185 g/mol. The number of nitrogens with one attached hydrogen (secondary N) is 2. The van der Waals surface area contributed by atoms with E-state index in [4.69, 9.17) is 0 Å². The molecule has 0 unspecified atom stereocenters. The number of rotatable bonds is 2. The first kappa shape index (κ1) is 9.98. The molecular weight excluding hydrogens is 170 g/mol. The largest absolute Gasteiger partial charge is 0.341 e. The Labute approximate surface area is 77.5 Å². The van der Waals surface area contributed by atoms with Gasteiger partial charge >= 0.3 is 6.03 Å². The van der Waals surface area contributed by atoms with Crippen molar-refractivity contribution in [2.24, 2.45) is 0 Å². The molecule has 1 rings (SSSR count). The highest BCUT2D eigenvalue weighted by Gasteiger charge is 2.15. The van der Waals surface area contributed by atoms with Gasteiger partial charge in [0, 0.05) is 7.05 Å². The number of carbonyl (C=O) groups excluding carboxylic acids is 2. The average molecular weight is 185 g/mol. The maximum absolute atomic E-state index is 11.2. The standard InChI is InChI=1S/C8H15N3O2/c1-9-8(13)10-7(12)6-11-4-2-3-5-11/h2-6H2,1H3,(H2,9,10,12,13). The SMILES string of the molecule is CNC(=O)NC(=O)CN1CCCC1. The van der Waals surface area contributed by atoms with Crippen LogP contribution < -0.4 is 10.6 Å². The average Bonchev–Trinajstić information content (AvgIpc) is 2.56. The van der Waals surface area contributed by atoms with Crippen molar-refractivity contribution in [1.82, 2.24) is 15.5 Å². The van der Waals surface area contributed by atoms with Crippen LogP contribution in [-0.4, -0.2) is 43.5 Å². The van der Waals surface area contributed by atoms with Crippen LogP contribution in [0.1, 0.15) is 12.8 Å². The fourth-order valence-electron chi connectivity index (χ4n) is 1.37. The lowest BCUT2D eigenvalue weighted by atomic mass is 10.4. The van der Waals surface area contributed by atoms with Gasteiger partial charge in [0.2, 0.25) is 5.91 Å². The van der Waals surface area contributed by atoms with Crippen molar-refractivity contribution in [1.29, 1.82) is 0 Å². The second kappa shape index (κ2) is 4.81. The molecule has 0 radical (unpaired) electrons. The van der Waals surface area contributed by atoms with Gasteiger partial charge in [-0.2, -0.15) is 0 Å². The molecule has 3 amide bonds. The summed E-state index contributed by atoms with van der Waals surface area (Å²) < 4.78 is 0. The summed E-state index contributed by atoms with van der Waals surface area (Å²) in [6, 6.07) is -0.441. The van der Waals surface area contributed by atoms with Crippen LogP contribution in [0.5, 0.6) is 0 Å². The van der Waals surface area contributed by atoms with Crippen molar-refractivity contribution in [2.45, 2.75) is 12.8 Å². The van der Waals surface area contributed by atoms with Crippen LogP contribution in [0.25, 0.3) is 0 Å². The summed E-state index contributed by atoms with van der Waals surface area (Å²) in [6.07, 6.45) is 2.29. The lowest BCUT2D eigenvalue weighted by molar-refractivity contribution is -0.120. The highest BCUT2D eigenvalue weighted by Crippen LogP contribution is 2.05. The van der Waals surface area contributed by atoms with Crippen molar-refractivity contribution < 1.29 is 9.59 Å². The third-order valence-electron chi connectivity index (χ3n) is 2.05. The first-order valence-electron chi connectivity index (χ1n) is 4.46. The van der Waals surface area contributed by atoms with Crippen molar-refractivity contribution in [3.63, 3.8) is 0 Å². The molecule has 1 fully saturated rings. The van der Waals surface area contributed by atoms with E-state index in [-0.39, 0.29) is 5.91 Å². The minimum atomic E-state index is -0.441. The summed E-state index contributed by atoms with van der Waals surface area (Å²) in [4.78, 5) is 23.9. The summed E-state index contributed by atoms with van der Waals surface area (Å²) in [6.45, 7) is 2.25. The molecule has 0 aromatic carbocycles. The fraction of sp³-hybridized carbons (Fsp3) is 0.750. The highest BCUT2D eigenvalue weighted by molar-refractivity contribution is 5.95. The van der Waals surface area contributed by atoms with Gasteiger partial charge in [0.15, 0.2) is 0 Å². The van der Waals surface area contributed by atoms with Crippen LogP contribution >= 0.6 is 0 Å². The van der Waals surface area contributed by atoms with Crippen molar-refractivity contribution >= 4 is 11.9 Å². The van der Waals surface area contributed by atoms with Gasteiger partial charge in [0.25, 0.3) is 0 Å². The molecule has 0 spiro atoms. The van der Waals surface area contributed by atoms with Gasteiger partial charge in [-0.25, -0.2) is 4.79 Å². The minimum Gasteiger partial charge on any atom is -0.341 e. The quantitative estimate of drug-likeness (QED) is 0.612. The minimum absolute atomic E-state index is 0.235. The van der Waals surface area contributed by atoms with Crippen LogP contribution in [-0.2, 0) is 4.79 Å². The van der Waals surface area contributed by atoms with E-state index in [1.54, 1.807) is 0 Å². The van der Waals surface area contributed by atoms with Gasteiger partial charge in [-0.05, 0) is 25.9 Å². The lowest BCUT2D eigenvalue weighted by Crippen LogP contribution is -2.42. The van der Waals surface area contributed by atoms with E-state index in [0.717, 1.165) is 25.9 Å². The van der Waals surface area contributed by atoms with Gasteiger partial charge in [-0.3, -0.25) is 15.0 Å². The topological polar surface area (TPSA) is 61.4 Å². The molecule has 0 saturated carbocycles. The number of carbonyl (C=O) groups is 2. The molecule has 0 aromatic heterocycles. The predicted octanol–water partition coefficient (Wildman–Crippen LogP) is -0.462. The van der Waals surface area contributed by atoms with Crippen LogP contribution in [0.3, 0.4) is 0 Å². The van der Waals surface area contributed by atoms with E-state index >= 15 is 0 Å². The Morgan fingerprint density at radius 3 is 2.46 bits per heavy atom. The molecule has 74 valence electrons. The molecule has 0 aliphatic carbocycles. The van der Waals surface area contributed by atoms with E-state index in [1.807, 2.05) is 4.90 Å². The van der Waals surface area contributed by atoms with E-state index in [2.05, 4.69) is 10.6 Å². The Morgan fingerprint density at radius 1 is 1.31 bits per heavy atom. The van der Waals surface area contributed by atoms with Gasteiger partial charge in [-0.1, -0.05) is 0 Å². The third kappa shape index (κ3) is 3.42. The number of nitrogens with zero attached hydrogens (tertiary/aromatic N) is 1. The fourth-order valence-corrected chi connectivity index (χ4v) is 1.37. The number of urea groups is 1. The molecule has 13 heavy (non-hydrogen) atoms. The van der Waals surface area contributed by atoms with Gasteiger partial charge in [-0.15, -0.1) is 0 Å². The second-order valence-electron chi connectivity index (χ2n) is 3.11. The van der Waals surface area contributed by atoms with Crippen molar-refractivity contribution in [3.8, 4) is 0 Å². The molecule has 0 aromatic rings. The summed E-state index contributed by atoms with van der Waals surface area (Å²) in [5, 5.41) is 4.56. The Balaban J connectivity index is 2.20. The maximum atomic E-state index is 11.2. The third-order valence-corrected chi connectivity index (χ3v) is 2.05. The molecule has 5 heteroatoms. The number of hydrogen-bond acceptors (Lipinski definition) is 3. The second-order valence-corrected chi connectivity index (χ2v) is 3.11. The zero-order chi connectivity index (χ0) is 9.68. The molecule has 0 atom stereocenters. The normalized spacial score (nSPS) is 17.0. The molecule has 1 saturated heterocycles. The first-order valence-corrected chi connectivity index (χ1v) is 4.46. The summed E-state index contributed by atoms with van der Waals surface area (Å²) in [5.74, 6) is -0.235. The van der Waals surface area contributed by atoms with Gasteiger partial charge < -0.3 is 5.32 Å². The van der Waals surface area contributed by atoms with Crippen molar-refractivity contribution in [3.05, 3.63) is 0 Å². The molecule has 1 aliphatic heterocycles. The van der Waals surface area contributed by atoms with Crippen molar-refractivity contribution in [2.75, 3.05) is 26.7 Å². The number of imide groups is 1. The van der Waals surface area contributed by atoms with E-state index in [1.165, 1.54) is 7.05 Å². The number of likely N-dealkylation sites (tertiary alicyclic amines) is 1. The van der Waals surface area contributed by atoms with Crippen LogP contribution in [0.2, 0.25) is 0 Å². The van der Waals surface area contributed by atoms with E-state index in [9.17, 15) is 9.59 Å². The lowest BCUT2D eigenvalue weighted by Gasteiger charge is -2.12. The Morgan fingerprint density at radius 2 is 1.92 bits per heavy atom. The number of amides is 3. The highest BCUT2D eigenvalue weighted by atomic mass is 16.2. The first-order chi connectivity index (χ1) is 6.22. The van der Waals surface area contributed by atoms with Crippen LogP contribution in [0.15, 0.2) is 0 Å². The van der Waals surface area contributed by atoms with Crippen LogP contribution in [0, 0.1) is 0 Å². The summed E-state index contributed by atoms with van der Waals surface area (Å²) in [5.41, 5.74) is 0. The Bertz CT molecular complexity index is 200. The maximum Gasteiger partial charge on any atom is 0.321 e. The van der Waals surface area contributed by atoms with Crippen LogP contribution in [0.4, 0.5) is 4.79 Å². The summed E-state index contributed by atoms with van der Waals surface area (Å²) >= 11 is 0. The molecule has 1 aliphatic rings. The zero-order valence-corrected chi connectivity index (χ0v) is 7.80. The smallest absolute Gasteiger partial charge is 0.321 e. The van der Waals surface area contributed by atoms with Gasteiger partial charge in [0.05, 0.1) is 6.54 Å². The Hall–Kier alpha value is -1.10. The molecule has 2 N–H and O–H groups in total. The van der Waals surface area contributed by atoms with E-state index < -0.39 is 6.03 Å². The predicted molar refractivity (Wildman–Crippen MR) is 48.3 cm³/mol. The molecular formula is C8H15N3O2.